The van der Waals surface area contributed by atoms with Gasteiger partial charge in [-0.15, -0.1) is 0 Å². The normalized spacial score (nSPS) is 9.25. The second-order valence-corrected chi connectivity index (χ2v) is 3.37. The number of primary amides is 1. The Labute approximate surface area is 74.8 Å². The number of rotatable bonds is 3. The minimum absolute atomic E-state index is 0.481. The number of nitrogens with two attached hydrogens (primary N) is 1. The van der Waals surface area contributed by atoms with Crippen molar-refractivity contribution in [1.29, 1.82) is 0 Å². The number of nitrogens with zero attached hydrogens (tertiary/aromatic N) is 1. The molecule has 0 rings (SSSR count). The molecule has 0 aliphatic heterocycles. The van der Waals surface area contributed by atoms with E-state index in [1.807, 2.05) is 6.08 Å². The Hall–Kier alpha value is -1.09. The molecule has 0 aromatic heterocycles. The number of carbonyl (C=O) groups excluding carboxylic acids is 1. The fourth-order valence-electron chi connectivity index (χ4n) is 0.387. The first-order valence-electron chi connectivity index (χ1n) is 3.66. The van der Waals surface area contributed by atoms with E-state index in [0.717, 1.165) is 17.1 Å². The van der Waals surface area contributed by atoms with E-state index < -0.39 is 5.91 Å². The molecule has 70 valence electrons. The number of carbonyl (C=O) groups is 1. The topological polar surface area (TPSA) is 43.1 Å². The lowest BCUT2D eigenvalue weighted by Gasteiger charge is -2.21. The molecule has 0 spiro atoms. The second kappa shape index (κ2) is 6.61. The zero-order chi connectivity index (χ0) is 10.2. The Morgan fingerprint density at radius 3 is 1.75 bits per heavy atom. The van der Waals surface area contributed by atoms with Gasteiger partial charge in [-0.2, -0.15) is 0 Å². The van der Waals surface area contributed by atoms with Crippen LogP contribution in [0.2, 0.25) is 0 Å². The summed E-state index contributed by atoms with van der Waals surface area (Å²) >= 11 is 0. The van der Waals surface area contributed by atoms with Crippen molar-refractivity contribution < 1.29 is 9.28 Å². The fraction of sp³-hybridized carbons (Fsp3) is 0.444. The molecule has 0 radical (unpaired) electrons. The summed E-state index contributed by atoms with van der Waals surface area (Å²) in [5.41, 5.74) is 4.53. The van der Waals surface area contributed by atoms with Crippen molar-refractivity contribution in [2.75, 3.05) is 27.7 Å². The van der Waals surface area contributed by atoms with Crippen LogP contribution in [0.25, 0.3) is 0 Å². The summed E-state index contributed by atoms with van der Waals surface area (Å²) in [6, 6.07) is 0. The molecule has 1 amide bonds. The van der Waals surface area contributed by atoms with E-state index in [0.29, 0.717) is 0 Å². The quantitative estimate of drug-likeness (QED) is 0.376. The lowest BCUT2D eigenvalue weighted by atomic mass is 10.5. The van der Waals surface area contributed by atoms with Crippen LogP contribution >= 0.6 is 0 Å². The maximum atomic E-state index is 9.47. The average molecular weight is 171 g/mol. The van der Waals surface area contributed by atoms with Crippen molar-refractivity contribution in [2.24, 2.45) is 5.73 Å². The smallest absolute Gasteiger partial charge is 0.240 e. The summed E-state index contributed by atoms with van der Waals surface area (Å²) in [7, 11) is 6.42. The number of quaternary nitrogens is 1. The monoisotopic (exact) mass is 171 g/mol. The Balaban J connectivity index is 0. The summed E-state index contributed by atoms with van der Waals surface area (Å²) in [5.74, 6) is -0.481. The van der Waals surface area contributed by atoms with Crippen LogP contribution in [-0.4, -0.2) is 38.1 Å². The number of hydrogen-bond acceptors (Lipinski definition) is 1. The third kappa shape index (κ3) is 23.1. The van der Waals surface area contributed by atoms with E-state index in [4.69, 9.17) is 0 Å². The highest BCUT2D eigenvalue weighted by molar-refractivity contribution is 5.84. The molecule has 0 saturated carbocycles. The van der Waals surface area contributed by atoms with Crippen molar-refractivity contribution in [3.63, 3.8) is 0 Å². The van der Waals surface area contributed by atoms with Gasteiger partial charge in [0.25, 0.3) is 0 Å². The zero-order valence-corrected chi connectivity index (χ0v) is 8.21. The third-order valence-electron chi connectivity index (χ3n) is 0.878. The molecule has 0 aliphatic carbocycles. The van der Waals surface area contributed by atoms with Crippen LogP contribution in [0.1, 0.15) is 0 Å². The van der Waals surface area contributed by atoms with Gasteiger partial charge in [-0.3, -0.25) is 4.79 Å². The van der Waals surface area contributed by atoms with Gasteiger partial charge in [-0.05, 0) is 12.2 Å². The molecule has 0 aromatic carbocycles. The highest BCUT2D eigenvalue weighted by atomic mass is 16.1. The van der Waals surface area contributed by atoms with Crippen molar-refractivity contribution in [2.45, 2.75) is 0 Å². The molecule has 0 aromatic rings. The van der Waals surface area contributed by atoms with Gasteiger partial charge in [0.2, 0.25) is 5.91 Å². The largest absolute Gasteiger partial charge is 0.366 e. The molecule has 0 atom stereocenters. The highest BCUT2D eigenvalue weighted by Crippen LogP contribution is 1.86. The molecule has 12 heavy (non-hydrogen) atoms. The maximum Gasteiger partial charge on any atom is 0.240 e. The lowest BCUT2D eigenvalue weighted by molar-refractivity contribution is -0.864. The van der Waals surface area contributed by atoms with Gasteiger partial charge in [-0.25, -0.2) is 0 Å². The Kier molecular flexibility index (Phi) is 7.43. The molecule has 0 unspecified atom stereocenters. The van der Waals surface area contributed by atoms with Crippen LogP contribution in [0.5, 0.6) is 0 Å². The lowest BCUT2D eigenvalue weighted by Crippen LogP contribution is -2.33. The van der Waals surface area contributed by atoms with Crippen molar-refractivity contribution >= 4 is 5.91 Å². The van der Waals surface area contributed by atoms with Crippen molar-refractivity contribution in [1.82, 2.24) is 0 Å². The van der Waals surface area contributed by atoms with Gasteiger partial charge in [0.15, 0.2) is 0 Å². The summed E-state index contributed by atoms with van der Waals surface area (Å²) in [6.07, 6.45) is 2.99. The molecule has 3 nitrogen and oxygen atoms in total. The molecule has 0 saturated heterocycles. The number of hydrogen-bond donors (Lipinski definition) is 1. The van der Waals surface area contributed by atoms with Gasteiger partial charge < -0.3 is 10.2 Å². The molecule has 0 heterocycles. The van der Waals surface area contributed by atoms with Gasteiger partial charge in [0.1, 0.15) is 0 Å². The first kappa shape index (κ1) is 13.5. The van der Waals surface area contributed by atoms with Crippen LogP contribution in [0.15, 0.2) is 25.3 Å². The highest BCUT2D eigenvalue weighted by Gasteiger charge is 1.99. The predicted molar refractivity (Wildman–Crippen MR) is 52.5 cm³/mol. The minimum Gasteiger partial charge on any atom is -0.366 e. The molecular formula is C9H19N2O+. The van der Waals surface area contributed by atoms with Gasteiger partial charge >= 0.3 is 0 Å². The Morgan fingerprint density at radius 1 is 1.42 bits per heavy atom. The molecule has 0 aliphatic rings. The first-order valence-corrected chi connectivity index (χ1v) is 3.66. The first-order chi connectivity index (χ1) is 5.33. The van der Waals surface area contributed by atoms with E-state index >= 15 is 0 Å². The maximum absolute atomic E-state index is 9.47. The minimum atomic E-state index is -0.481. The summed E-state index contributed by atoms with van der Waals surface area (Å²) in [5, 5.41) is 0. The second-order valence-electron chi connectivity index (χ2n) is 3.37. The van der Waals surface area contributed by atoms with Crippen LogP contribution in [0, 0.1) is 0 Å². The number of amides is 1. The SMILES string of the molecule is C=CC(N)=O.C=CC[N+](C)(C)C. The predicted octanol–water partition coefficient (Wildman–Crippen LogP) is 0.536. The Bertz CT molecular complexity index is 156. The molecule has 2 N–H and O–H groups in total. The number of likely N-dealkylation sites (N-methyl/N-ethyl adjacent to an activating group) is 1. The standard InChI is InChI=1S/C6H14N.C3H5NO/c1-5-6-7(2,3)4;1-2-3(4)5/h5H,1,6H2,2-4H3;2H,1H2,(H2,4,5)/q+1;. The summed E-state index contributed by atoms with van der Waals surface area (Å²) < 4.78 is 0.976. The van der Waals surface area contributed by atoms with E-state index in [-0.39, 0.29) is 0 Å². The van der Waals surface area contributed by atoms with E-state index in [2.05, 4.69) is 40.0 Å². The molecule has 3 heteroatoms. The molecule has 0 fully saturated rings. The summed E-state index contributed by atoms with van der Waals surface area (Å²) in [4.78, 5) is 9.47. The van der Waals surface area contributed by atoms with Crippen LogP contribution in [0.4, 0.5) is 0 Å². The third-order valence-corrected chi connectivity index (χ3v) is 0.878. The van der Waals surface area contributed by atoms with E-state index in [9.17, 15) is 4.79 Å². The van der Waals surface area contributed by atoms with Gasteiger partial charge in [0.05, 0.1) is 27.7 Å². The van der Waals surface area contributed by atoms with Crippen molar-refractivity contribution in [3.05, 3.63) is 25.3 Å². The van der Waals surface area contributed by atoms with E-state index in [1.165, 1.54) is 0 Å². The fourth-order valence-corrected chi connectivity index (χ4v) is 0.387. The zero-order valence-electron chi connectivity index (χ0n) is 8.21. The van der Waals surface area contributed by atoms with Gasteiger partial charge in [0, 0.05) is 0 Å². The Morgan fingerprint density at radius 2 is 1.75 bits per heavy atom. The molecular weight excluding hydrogens is 152 g/mol. The molecule has 0 bridgehead atoms. The van der Waals surface area contributed by atoms with Crippen LogP contribution in [-0.2, 0) is 4.79 Å². The van der Waals surface area contributed by atoms with Crippen LogP contribution < -0.4 is 5.73 Å². The average Bonchev–Trinajstić information content (AvgIpc) is 1.86. The van der Waals surface area contributed by atoms with Crippen molar-refractivity contribution in [3.8, 4) is 0 Å². The summed E-state index contributed by atoms with van der Waals surface area (Å²) in [6.45, 7) is 7.76. The van der Waals surface area contributed by atoms with Crippen LogP contribution in [0.3, 0.4) is 0 Å². The van der Waals surface area contributed by atoms with Gasteiger partial charge in [-0.1, -0.05) is 13.2 Å². The van der Waals surface area contributed by atoms with E-state index in [1.54, 1.807) is 0 Å².